The van der Waals surface area contributed by atoms with Gasteiger partial charge in [0.05, 0.1) is 5.52 Å². The number of nitrogens with zero attached hydrogens (tertiary/aromatic N) is 1. The summed E-state index contributed by atoms with van der Waals surface area (Å²) in [6.07, 6.45) is 5.22. The number of carboxylic acid groups (broad SMARTS) is 1. The molecule has 0 radical (unpaired) electrons. The van der Waals surface area contributed by atoms with Crippen LogP contribution in [-0.4, -0.2) is 57.0 Å². The number of carbonyl (C=O) groups is 3. The maximum absolute atomic E-state index is 13.4. The van der Waals surface area contributed by atoms with Gasteiger partial charge in [-0.15, -0.1) is 0 Å². The van der Waals surface area contributed by atoms with Crippen LogP contribution in [0.15, 0.2) is 29.1 Å². The molecule has 2 rings (SSSR count). The van der Waals surface area contributed by atoms with Gasteiger partial charge in [0.25, 0.3) is 5.91 Å². The number of amides is 2. The number of hydrogen-bond donors (Lipinski definition) is 4. The van der Waals surface area contributed by atoms with Crippen molar-refractivity contribution in [2.24, 2.45) is 0 Å². The van der Waals surface area contributed by atoms with Crippen LogP contribution in [0.25, 0.3) is 10.9 Å². The third-order valence-corrected chi connectivity index (χ3v) is 5.71. The van der Waals surface area contributed by atoms with Gasteiger partial charge in [-0.05, 0) is 31.4 Å². The van der Waals surface area contributed by atoms with Crippen LogP contribution >= 0.6 is 0 Å². The highest BCUT2D eigenvalue weighted by Crippen LogP contribution is 2.20. The van der Waals surface area contributed by atoms with Crippen LogP contribution < -0.4 is 10.7 Å². The van der Waals surface area contributed by atoms with Crippen molar-refractivity contribution < 1.29 is 24.6 Å². The van der Waals surface area contributed by atoms with Gasteiger partial charge in [0.15, 0.2) is 5.43 Å². The van der Waals surface area contributed by atoms with E-state index in [9.17, 15) is 24.3 Å². The van der Waals surface area contributed by atoms with E-state index in [2.05, 4.69) is 24.1 Å². The molecule has 0 bridgehead atoms. The van der Waals surface area contributed by atoms with E-state index >= 15 is 0 Å². The lowest BCUT2D eigenvalue weighted by Gasteiger charge is -2.28. The van der Waals surface area contributed by atoms with Crippen molar-refractivity contribution in [1.82, 2.24) is 15.2 Å². The maximum Gasteiger partial charge on any atom is 0.303 e. The lowest BCUT2D eigenvalue weighted by atomic mass is 10.1. The van der Waals surface area contributed by atoms with E-state index in [1.165, 1.54) is 18.2 Å². The SMILES string of the molecule is CCCCCN(CCCCC)C(=O)[C@@H](CCC(=O)O)NC(=O)c1cc(=O)c2cccc(O)c2[nH]1. The Kier molecular flexibility index (Phi) is 10.6. The van der Waals surface area contributed by atoms with Crippen LogP contribution in [0.5, 0.6) is 5.75 Å². The monoisotopic (exact) mass is 473 g/mol. The second kappa shape index (κ2) is 13.4. The largest absolute Gasteiger partial charge is 0.506 e. The third kappa shape index (κ3) is 7.60. The number of aromatic amines is 1. The van der Waals surface area contributed by atoms with Gasteiger partial charge in [-0.2, -0.15) is 0 Å². The topological polar surface area (TPSA) is 140 Å². The summed E-state index contributed by atoms with van der Waals surface area (Å²) in [6.45, 7) is 5.22. The molecule has 0 aliphatic rings. The number of carboxylic acids is 1. The summed E-state index contributed by atoms with van der Waals surface area (Å²) < 4.78 is 0. The first-order valence-electron chi connectivity index (χ1n) is 11.9. The number of phenols is 1. The number of unbranched alkanes of at least 4 members (excludes halogenated alkanes) is 4. The van der Waals surface area contributed by atoms with Crippen LogP contribution in [0.4, 0.5) is 0 Å². The van der Waals surface area contributed by atoms with E-state index in [1.54, 1.807) is 4.90 Å². The van der Waals surface area contributed by atoms with Crippen LogP contribution in [0, 0.1) is 0 Å². The Morgan fingerprint density at radius 2 is 1.71 bits per heavy atom. The Labute approximate surface area is 199 Å². The number of rotatable bonds is 14. The van der Waals surface area contributed by atoms with Crippen LogP contribution in [0.2, 0.25) is 0 Å². The molecule has 1 aromatic carbocycles. The van der Waals surface area contributed by atoms with Gasteiger partial charge in [0.2, 0.25) is 5.91 Å². The molecule has 9 nitrogen and oxygen atoms in total. The standard InChI is InChI=1S/C25H35N3O6/c1-3-5-7-14-28(15-8-6-4-2)25(34)18(12-13-22(31)32)27-24(33)19-16-21(30)17-10-9-11-20(29)23(17)26-19/h9-11,16,18,29H,3-8,12-15H2,1-2H3,(H,26,30)(H,27,33)(H,31,32)/t18-/m1/s1. The Bertz CT molecular complexity index is 1040. The van der Waals surface area contributed by atoms with E-state index in [1.807, 2.05) is 0 Å². The zero-order valence-electron chi connectivity index (χ0n) is 19.9. The highest BCUT2D eigenvalue weighted by atomic mass is 16.4. The molecule has 34 heavy (non-hydrogen) atoms. The number of carbonyl (C=O) groups excluding carboxylic acids is 2. The number of fused-ring (bicyclic) bond motifs is 1. The van der Waals surface area contributed by atoms with Crippen molar-refractivity contribution in [3.8, 4) is 5.75 Å². The molecule has 2 aromatic rings. The highest BCUT2D eigenvalue weighted by molar-refractivity contribution is 5.98. The van der Waals surface area contributed by atoms with Gasteiger partial charge in [-0.3, -0.25) is 19.2 Å². The predicted octanol–water partition coefficient (Wildman–Crippen LogP) is 3.41. The maximum atomic E-state index is 13.4. The number of aromatic nitrogens is 1. The first kappa shape index (κ1) is 26.9. The molecule has 1 atom stereocenters. The molecule has 9 heteroatoms. The number of aliphatic carboxylic acids is 1. The highest BCUT2D eigenvalue weighted by Gasteiger charge is 2.27. The average Bonchev–Trinajstić information content (AvgIpc) is 2.80. The smallest absolute Gasteiger partial charge is 0.303 e. The molecule has 0 aliphatic carbocycles. The molecule has 2 amide bonds. The van der Waals surface area contributed by atoms with Crippen molar-refractivity contribution in [2.75, 3.05) is 13.1 Å². The zero-order valence-corrected chi connectivity index (χ0v) is 19.9. The van der Waals surface area contributed by atoms with Crippen LogP contribution in [-0.2, 0) is 9.59 Å². The predicted molar refractivity (Wildman–Crippen MR) is 130 cm³/mol. The van der Waals surface area contributed by atoms with Gasteiger partial charge < -0.3 is 25.4 Å². The molecule has 0 saturated heterocycles. The van der Waals surface area contributed by atoms with Crippen LogP contribution in [0.3, 0.4) is 0 Å². The number of benzene rings is 1. The van der Waals surface area contributed by atoms with Gasteiger partial charge in [0, 0.05) is 31.0 Å². The molecule has 0 saturated carbocycles. The summed E-state index contributed by atoms with van der Waals surface area (Å²) in [7, 11) is 0. The van der Waals surface area contributed by atoms with Crippen LogP contribution in [0.1, 0.15) is 75.7 Å². The van der Waals surface area contributed by atoms with E-state index in [0.717, 1.165) is 44.6 Å². The molecular formula is C25H35N3O6. The zero-order chi connectivity index (χ0) is 25.1. The number of pyridine rings is 1. The van der Waals surface area contributed by atoms with Gasteiger partial charge >= 0.3 is 5.97 Å². The Morgan fingerprint density at radius 1 is 1.06 bits per heavy atom. The number of H-pyrrole nitrogens is 1. The average molecular weight is 474 g/mol. The minimum Gasteiger partial charge on any atom is -0.506 e. The quantitative estimate of drug-likeness (QED) is 0.310. The fraction of sp³-hybridized carbons (Fsp3) is 0.520. The molecule has 4 N–H and O–H groups in total. The van der Waals surface area contributed by atoms with Crippen molar-refractivity contribution in [3.05, 3.63) is 40.2 Å². The Morgan fingerprint density at radius 3 is 2.29 bits per heavy atom. The fourth-order valence-corrected chi connectivity index (χ4v) is 3.80. The summed E-state index contributed by atoms with van der Waals surface area (Å²) in [6, 6.07) is 4.51. The van der Waals surface area contributed by atoms with Crippen molar-refractivity contribution in [1.29, 1.82) is 0 Å². The lowest BCUT2D eigenvalue weighted by molar-refractivity contribution is -0.138. The van der Waals surface area contributed by atoms with Gasteiger partial charge in [0.1, 0.15) is 17.5 Å². The van der Waals surface area contributed by atoms with Gasteiger partial charge in [-0.1, -0.05) is 45.6 Å². The number of hydrogen-bond acceptors (Lipinski definition) is 5. The minimum atomic E-state index is -1.07. The summed E-state index contributed by atoms with van der Waals surface area (Å²) >= 11 is 0. The summed E-state index contributed by atoms with van der Waals surface area (Å²) in [5, 5.41) is 22.1. The lowest BCUT2D eigenvalue weighted by Crippen LogP contribution is -2.49. The molecule has 0 unspecified atom stereocenters. The fourth-order valence-electron chi connectivity index (χ4n) is 3.80. The van der Waals surface area contributed by atoms with Crippen molar-refractivity contribution >= 4 is 28.7 Å². The number of phenolic OH excluding ortho intramolecular Hbond substituents is 1. The minimum absolute atomic E-state index is 0.0684. The number of nitrogens with one attached hydrogen (secondary N) is 2. The van der Waals surface area contributed by atoms with E-state index < -0.39 is 23.3 Å². The summed E-state index contributed by atoms with van der Waals surface area (Å²) in [4.78, 5) is 54.4. The first-order chi connectivity index (χ1) is 16.3. The number of para-hydroxylation sites is 1. The Hall–Kier alpha value is -3.36. The Balaban J connectivity index is 2.28. The van der Waals surface area contributed by atoms with Crippen molar-refractivity contribution in [2.45, 2.75) is 71.3 Å². The second-order valence-corrected chi connectivity index (χ2v) is 8.44. The molecule has 1 heterocycles. The molecular weight excluding hydrogens is 438 g/mol. The van der Waals surface area contributed by atoms with E-state index in [4.69, 9.17) is 5.11 Å². The van der Waals surface area contributed by atoms with Crippen molar-refractivity contribution in [3.63, 3.8) is 0 Å². The molecule has 186 valence electrons. The summed E-state index contributed by atoms with van der Waals surface area (Å²) in [5.74, 6) is -2.29. The first-order valence-corrected chi connectivity index (χ1v) is 11.9. The normalized spacial score (nSPS) is 11.8. The molecule has 1 aromatic heterocycles. The van der Waals surface area contributed by atoms with Gasteiger partial charge in [-0.25, -0.2) is 0 Å². The molecule has 0 aliphatic heterocycles. The molecule has 0 spiro atoms. The molecule has 0 fully saturated rings. The van der Waals surface area contributed by atoms with E-state index in [0.29, 0.717) is 13.1 Å². The second-order valence-electron chi connectivity index (χ2n) is 8.44. The third-order valence-electron chi connectivity index (χ3n) is 5.71. The number of aromatic hydroxyl groups is 1. The van der Waals surface area contributed by atoms with E-state index in [-0.39, 0.29) is 41.1 Å². The summed E-state index contributed by atoms with van der Waals surface area (Å²) in [5.41, 5.74) is -0.450.